The van der Waals surface area contributed by atoms with Crippen LogP contribution >= 0.6 is 0 Å². The van der Waals surface area contributed by atoms with E-state index in [1.54, 1.807) is 0 Å². The SMILES string of the molecule is NC1CCCN1C(=O)C(=O)O. The largest absolute Gasteiger partial charge is 0.474 e. The summed E-state index contributed by atoms with van der Waals surface area (Å²) in [6.45, 7) is 0.465. The van der Waals surface area contributed by atoms with Crippen molar-refractivity contribution in [2.45, 2.75) is 19.0 Å². The van der Waals surface area contributed by atoms with Crippen LogP contribution in [0.15, 0.2) is 0 Å². The van der Waals surface area contributed by atoms with Crippen LogP contribution in [0.3, 0.4) is 0 Å². The maximum Gasteiger partial charge on any atom is 0.394 e. The highest BCUT2D eigenvalue weighted by molar-refractivity contribution is 6.31. The van der Waals surface area contributed by atoms with E-state index in [2.05, 4.69) is 0 Å². The van der Waals surface area contributed by atoms with Crippen LogP contribution in [0.1, 0.15) is 12.8 Å². The van der Waals surface area contributed by atoms with Crippen LogP contribution in [0.4, 0.5) is 0 Å². The van der Waals surface area contributed by atoms with E-state index in [1.807, 2.05) is 0 Å². The number of amides is 1. The summed E-state index contributed by atoms with van der Waals surface area (Å²) in [5, 5.41) is 8.31. The van der Waals surface area contributed by atoms with E-state index in [0.29, 0.717) is 13.0 Å². The highest BCUT2D eigenvalue weighted by Crippen LogP contribution is 2.12. The molecule has 1 fully saturated rings. The second kappa shape index (κ2) is 2.87. The molecular formula is C6H10N2O3. The van der Waals surface area contributed by atoms with Crippen molar-refractivity contribution in [2.75, 3.05) is 6.54 Å². The molecule has 1 saturated heterocycles. The number of hydrogen-bond donors (Lipinski definition) is 2. The molecule has 1 aliphatic rings. The molecule has 5 heteroatoms. The summed E-state index contributed by atoms with van der Waals surface area (Å²) < 4.78 is 0. The van der Waals surface area contributed by atoms with E-state index in [-0.39, 0.29) is 0 Å². The first-order valence-corrected chi connectivity index (χ1v) is 3.42. The topological polar surface area (TPSA) is 83.6 Å². The van der Waals surface area contributed by atoms with Crippen molar-refractivity contribution in [3.63, 3.8) is 0 Å². The zero-order chi connectivity index (χ0) is 8.43. The molecule has 1 heterocycles. The highest BCUT2D eigenvalue weighted by Gasteiger charge is 2.29. The Morgan fingerprint density at radius 3 is 2.55 bits per heavy atom. The number of carbonyl (C=O) groups is 2. The smallest absolute Gasteiger partial charge is 0.394 e. The number of carboxylic acids is 1. The Kier molecular flexibility index (Phi) is 2.09. The van der Waals surface area contributed by atoms with Crippen LogP contribution in [0.25, 0.3) is 0 Å². The second-order valence-corrected chi connectivity index (χ2v) is 2.51. The molecule has 1 unspecified atom stereocenters. The fraction of sp³-hybridized carbons (Fsp3) is 0.667. The van der Waals surface area contributed by atoms with E-state index in [0.717, 1.165) is 6.42 Å². The Labute approximate surface area is 63.8 Å². The van der Waals surface area contributed by atoms with Crippen molar-refractivity contribution in [2.24, 2.45) is 5.73 Å². The number of likely N-dealkylation sites (tertiary alicyclic amines) is 1. The first kappa shape index (κ1) is 8.00. The van der Waals surface area contributed by atoms with Gasteiger partial charge in [0, 0.05) is 6.54 Å². The summed E-state index contributed by atoms with van der Waals surface area (Å²) in [5.41, 5.74) is 5.46. The summed E-state index contributed by atoms with van der Waals surface area (Å²) in [6.07, 6.45) is 1.08. The fourth-order valence-corrected chi connectivity index (χ4v) is 1.17. The number of hydrogen-bond acceptors (Lipinski definition) is 3. The summed E-state index contributed by atoms with van der Waals surface area (Å²) in [6, 6.07) is 0. The summed E-state index contributed by atoms with van der Waals surface area (Å²) >= 11 is 0. The number of nitrogens with two attached hydrogens (primary N) is 1. The maximum atomic E-state index is 10.8. The third kappa shape index (κ3) is 1.48. The van der Waals surface area contributed by atoms with Crippen molar-refractivity contribution in [3.05, 3.63) is 0 Å². The van der Waals surface area contributed by atoms with Gasteiger partial charge in [-0.1, -0.05) is 0 Å². The van der Waals surface area contributed by atoms with Gasteiger partial charge in [-0.15, -0.1) is 0 Å². The molecule has 0 bridgehead atoms. The van der Waals surface area contributed by atoms with E-state index < -0.39 is 18.0 Å². The van der Waals surface area contributed by atoms with Gasteiger partial charge in [0.25, 0.3) is 0 Å². The van der Waals surface area contributed by atoms with Gasteiger partial charge in [0.1, 0.15) is 0 Å². The third-order valence-corrected chi connectivity index (χ3v) is 1.74. The van der Waals surface area contributed by atoms with Crippen LogP contribution in [-0.4, -0.2) is 34.6 Å². The monoisotopic (exact) mass is 158 g/mol. The van der Waals surface area contributed by atoms with Gasteiger partial charge in [-0.2, -0.15) is 0 Å². The zero-order valence-corrected chi connectivity index (χ0v) is 5.99. The molecule has 1 amide bonds. The Bertz CT molecular complexity index is 192. The van der Waals surface area contributed by atoms with Gasteiger partial charge in [0.2, 0.25) is 0 Å². The van der Waals surface area contributed by atoms with Crippen LogP contribution in [0.5, 0.6) is 0 Å². The molecule has 5 nitrogen and oxygen atoms in total. The standard InChI is InChI=1S/C6H10N2O3/c7-4-2-1-3-8(4)5(9)6(10)11/h4H,1-3,7H2,(H,10,11). The fourth-order valence-electron chi connectivity index (χ4n) is 1.17. The van der Waals surface area contributed by atoms with E-state index in [9.17, 15) is 9.59 Å². The molecule has 1 aliphatic heterocycles. The van der Waals surface area contributed by atoms with Gasteiger partial charge in [0.15, 0.2) is 0 Å². The number of nitrogens with zero attached hydrogens (tertiary/aromatic N) is 1. The zero-order valence-electron chi connectivity index (χ0n) is 5.99. The molecule has 0 spiro atoms. The molecular weight excluding hydrogens is 148 g/mol. The maximum absolute atomic E-state index is 10.8. The van der Waals surface area contributed by atoms with Gasteiger partial charge in [-0.05, 0) is 12.8 Å². The molecule has 0 saturated carbocycles. The Morgan fingerprint density at radius 1 is 1.55 bits per heavy atom. The van der Waals surface area contributed by atoms with Gasteiger partial charge in [-0.3, -0.25) is 4.79 Å². The average Bonchev–Trinajstić information content (AvgIpc) is 2.33. The molecule has 0 radical (unpaired) electrons. The Balaban J connectivity index is 2.60. The summed E-state index contributed by atoms with van der Waals surface area (Å²) in [4.78, 5) is 22.2. The molecule has 0 aliphatic carbocycles. The van der Waals surface area contributed by atoms with Crippen molar-refractivity contribution in [3.8, 4) is 0 Å². The van der Waals surface area contributed by atoms with Gasteiger partial charge in [0.05, 0.1) is 6.17 Å². The van der Waals surface area contributed by atoms with E-state index in [4.69, 9.17) is 10.8 Å². The van der Waals surface area contributed by atoms with Gasteiger partial charge >= 0.3 is 11.9 Å². The van der Waals surface area contributed by atoms with Crippen LogP contribution in [0, 0.1) is 0 Å². The first-order chi connectivity index (χ1) is 5.13. The van der Waals surface area contributed by atoms with Gasteiger partial charge < -0.3 is 15.7 Å². The molecule has 11 heavy (non-hydrogen) atoms. The summed E-state index contributed by atoms with van der Waals surface area (Å²) in [5.74, 6) is -2.32. The predicted octanol–water partition coefficient (Wildman–Crippen LogP) is -1.02. The molecule has 62 valence electrons. The number of aliphatic carboxylic acids is 1. The minimum Gasteiger partial charge on any atom is -0.474 e. The molecule has 0 aromatic rings. The molecule has 3 N–H and O–H groups in total. The molecule has 0 aromatic carbocycles. The number of carbonyl (C=O) groups excluding carboxylic acids is 1. The normalized spacial score (nSPS) is 23.7. The minimum absolute atomic E-state index is 0.404. The number of carboxylic acid groups (broad SMARTS) is 1. The van der Waals surface area contributed by atoms with Crippen LogP contribution in [-0.2, 0) is 9.59 Å². The minimum atomic E-state index is -1.43. The first-order valence-electron chi connectivity index (χ1n) is 3.42. The third-order valence-electron chi connectivity index (χ3n) is 1.74. The van der Waals surface area contributed by atoms with Gasteiger partial charge in [-0.25, -0.2) is 4.79 Å². The van der Waals surface area contributed by atoms with Crippen molar-refractivity contribution in [1.29, 1.82) is 0 Å². The second-order valence-electron chi connectivity index (χ2n) is 2.51. The lowest BCUT2D eigenvalue weighted by atomic mass is 10.3. The molecule has 1 atom stereocenters. The van der Waals surface area contributed by atoms with Crippen molar-refractivity contribution >= 4 is 11.9 Å². The number of rotatable bonds is 0. The predicted molar refractivity (Wildman–Crippen MR) is 36.6 cm³/mol. The Morgan fingerprint density at radius 2 is 2.18 bits per heavy atom. The highest BCUT2D eigenvalue weighted by atomic mass is 16.4. The van der Waals surface area contributed by atoms with Crippen LogP contribution < -0.4 is 5.73 Å². The lowest BCUT2D eigenvalue weighted by Crippen LogP contribution is -2.44. The lowest BCUT2D eigenvalue weighted by molar-refractivity contribution is -0.156. The van der Waals surface area contributed by atoms with Crippen molar-refractivity contribution in [1.82, 2.24) is 4.90 Å². The quantitative estimate of drug-likeness (QED) is 0.442. The summed E-state index contributed by atoms with van der Waals surface area (Å²) in [7, 11) is 0. The van der Waals surface area contributed by atoms with E-state index >= 15 is 0 Å². The molecule has 1 rings (SSSR count). The molecule has 0 aromatic heterocycles. The van der Waals surface area contributed by atoms with E-state index in [1.165, 1.54) is 4.90 Å². The van der Waals surface area contributed by atoms with Crippen LogP contribution in [0.2, 0.25) is 0 Å². The lowest BCUT2D eigenvalue weighted by Gasteiger charge is -2.17. The van der Waals surface area contributed by atoms with Crippen molar-refractivity contribution < 1.29 is 14.7 Å². The average molecular weight is 158 g/mol. The Hall–Kier alpha value is -1.10.